The third-order valence-electron chi connectivity index (χ3n) is 5.08. The highest BCUT2D eigenvalue weighted by molar-refractivity contribution is 5.55. The molecule has 0 spiro atoms. The minimum Gasteiger partial charge on any atom is -0.493 e. The van der Waals surface area contributed by atoms with E-state index in [4.69, 9.17) is 14.2 Å². The number of amides is 1. The Bertz CT molecular complexity index is 587. The van der Waals surface area contributed by atoms with Gasteiger partial charge in [0.05, 0.1) is 33.0 Å². The van der Waals surface area contributed by atoms with Crippen LogP contribution in [0.15, 0.2) is 12.1 Å². The van der Waals surface area contributed by atoms with Crippen LogP contribution in [0.25, 0.3) is 0 Å². The number of carbonyl (C=O) groups excluding carboxylic acids is 1. The third kappa shape index (κ3) is 4.07. The lowest BCUT2D eigenvalue weighted by Gasteiger charge is -2.37. The van der Waals surface area contributed by atoms with E-state index in [2.05, 4.69) is 17.0 Å². The van der Waals surface area contributed by atoms with Crippen LogP contribution in [0.2, 0.25) is 0 Å². The lowest BCUT2D eigenvalue weighted by molar-refractivity contribution is -0.121. The first-order chi connectivity index (χ1) is 12.3. The molecule has 0 aliphatic carbocycles. The molecule has 0 unspecified atom stereocenters. The molecule has 25 heavy (non-hydrogen) atoms. The highest BCUT2D eigenvalue weighted by Gasteiger charge is 2.28. The standard InChI is InChI=1S/C19H28N2O4/c1-3-25-19-13-16-15(12-18(19)23-2)4-7-21(14-22)17(16)5-6-20-8-10-24-11-9-20/h12-14,17H,3-11H2,1-2H3/t17-/m0/s1. The van der Waals surface area contributed by atoms with Crippen LogP contribution in [0.4, 0.5) is 0 Å². The van der Waals surface area contributed by atoms with Gasteiger partial charge in [0, 0.05) is 26.2 Å². The highest BCUT2D eigenvalue weighted by Crippen LogP contribution is 2.39. The number of morpholine rings is 1. The molecular weight excluding hydrogens is 320 g/mol. The van der Waals surface area contributed by atoms with E-state index in [1.165, 1.54) is 11.1 Å². The smallest absolute Gasteiger partial charge is 0.210 e. The topological polar surface area (TPSA) is 51.2 Å². The van der Waals surface area contributed by atoms with Crippen LogP contribution >= 0.6 is 0 Å². The van der Waals surface area contributed by atoms with E-state index in [-0.39, 0.29) is 6.04 Å². The van der Waals surface area contributed by atoms with Crippen molar-refractivity contribution in [2.75, 3.05) is 53.1 Å². The maximum absolute atomic E-state index is 11.6. The summed E-state index contributed by atoms with van der Waals surface area (Å²) in [6, 6.07) is 4.23. The fraction of sp³-hybridized carbons (Fsp3) is 0.632. The molecule has 0 bridgehead atoms. The molecule has 138 valence electrons. The summed E-state index contributed by atoms with van der Waals surface area (Å²) >= 11 is 0. The van der Waals surface area contributed by atoms with Crippen LogP contribution in [0.1, 0.15) is 30.5 Å². The van der Waals surface area contributed by atoms with Crippen molar-refractivity contribution in [3.05, 3.63) is 23.3 Å². The van der Waals surface area contributed by atoms with E-state index in [0.29, 0.717) is 6.61 Å². The van der Waals surface area contributed by atoms with E-state index in [1.807, 2.05) is 11.8 Å². The van der Waals surface area contributed by atoms with Gasteiger partial charge in [-0.1, -0.05) is 0 Å². The summed E-state index contributed by atoms with van der Waals surface area (Å²) in [6.45, 7) is 7.79. The summed E-state index contributed by atoms with van der Waals surface area (Å²) in [5.41, 5.74) is 2.45. The first-order valence-corrected chi connectivity index (χ1v) is 9.11. The molecule has 1 aromatic carbocycles. The number of carbonyl (C=O) groups is 1. The average molecular weight is 348 g/mol. The van der Waals surface area contributed by atoms with Gasteiger partial charge < -0.3 is 19.1 Å². The molecule has 6 heteroatoms. The van der Waals surface area contributed by atoms with Crippen molar-refractivity contribution < 1.29 is 19.0 Å². The molecule has 0 saturated carbocycles. The summed E-state index contributed by atoms with van der Waals surface area (Å²) in [5.74, 6) is 1.53. The largest absolute Gasteiger partial charge is 0.493 e. The Morgan fingerprint density at radius 1 is 1.24 bits per heavy atom. The second-order valence-electron chi connectivity index (χ2n) is 6.49. The summed E-state index contributed by atoms with van der Waals surface area (Å²) in [5, 5.41) is 0. The highest BCUT2D eigenvalue weighted by atomic mass is 16.5. The monoisotopic (exact) mass is 348 g/mol. The molecule has 1 aromatic rings. The molecule has 0 radical (unpaired) electrons. The molecule has 1 fully saturated rings. The summed E-state index contributed by atoms with van der Waals surface area (Å²) < 4.78 is 16.6. The zero-order valence-corrected chi connectivity index (χ0v) is 15.2. The Kier molecular flexibility index (Phi) is 6.15. The number of hydrogen-bond acceptors (Lipinski definition) is 5. The van der Waals surface area contributed by atoms with Gasteiger partial charge in [-0.05, 0) is 43.0 Å². The number of benzene rings is 1. The van der Waals surface area contributed by atoms with E-state index in [1.54, 1.807) is 7.11 Å². The van der Waals surface area contributed by atoms with Crippen LogP contribution in [0.3, 0.4) is 0 Å². The Balaban J connectivity index is 1.82. The van der Waals surface area contributed by atoms with Crippen molar-refractivity contribution in [3.63, 3.8) is 0 Å². The van der Waals surface area contributed by atoms with Gasteiger partial charge in [-0.15, -0.1) is 0 Å². The van der Waals surface area contributed by atoms with Gasteiger partial charge in [0.25, 0.3) is 0 Å². The van der Waals surface area contributed by atoms with Gasteiger partial charge in [-0.25, -0.2) is 0 Å². The zero-order valence-electron chi connectivity index (χ0n) is 15.2. The number of ether oxygens (including phenoxy) is 3. The molecule has 0 N–H and O–H groups in total. The molecule has 0 aromatic heterocycles. The van der Waals surface area contributed by atoms with Gasteiger partial charge in [0.2, 0.25) is 6.41 Å². The van der Waals surface area contributed by atoms with Crippen LogP contribution in [0.5, 0.6) is 11.5 Å². The molecule has 1 atom stereocenters. The first kappa shape index (κ1) is 18.0. The van der Waals surface area contributed by atoms with Crippen molar-refractivity contribution >= 4 is 6.41 Å². The fourth-order valence-electron chi connectivity index (χ4n) is 3.73. The third-order valence-corrected chi connectivity index (χ3v) is 5.08. The minimum atomic E-state index is 0.0919. The van der Waals surface area contributed by atoms with Gasteiger partial charge in [0.15, 0.2) is 11.5 Å². The molecule has 6 nitrogen and oxygen atoms in total. The maximum atomic E-state index is 11.6. The van der Waals surface area contributed by atoms with E-state index >= 15 is 0 Å². The van der Waals surface area contributed by atoms with E-state index in [0.717, 1.165) is 70.1 Å². The summed E-state index contributed by atoms with van der Waals surface area (Å²) in [6.07, 6.45) is 2.76. The Morgan fingerprint density at radius 3 is 2.72 bits per heavy atom. The van der Waals surface area contributed by atoms with Crippen LogP contribution in [0, 0.1) is 0 Å². The van der Waals surface area contributed by atoms with Crippen molar-refractivity contribution in [3.8, 4) is 11.5 Å². The quantitative estimate of drug-likeness (QED) is 0.704. The Labute approximate surface area is 149 Å². The SMILES string of the molecule is CCOc1cc2c(cc1OC)CCN(C=O)[C@H]2CCN1CCOCC1. The summed E-state index contributed by atoms with van der Waals surface area (Å²) in [7, 11) is 1.67. The molecule has 2 aliphatic rings. The lowest BCUT2D eigenvalue weighted by atomic mass is 9.90. The number of hydrogen-bond donors (Lipinski definition) is 0. The van der Waals surface area contributed by atoms with Crippen molar-refractivity contribution in [1.29, 1.82) is 0 Å². The first-order valence-electron chi connectivity index (χ1n) is 9.11. The van der Waals surface area contributed by atoms with Gasteiger partial charge in [-0.2, -0.15) is 0 Å². The van der Waals surface area contributed by atoms with Crippen LogP contribution in [-0.2, 0) is 16.0 Å². The number of nitrogens with zero attached hydrogens (tertiary/aromatic N) is 2. The van der Waals surface area contributed by atoms with Crippen molar-refractivity contribution in [2.45, 2.75) is 25.8 Å². The van der Waals surface area contributed by atoms with Crippen LogP contribution in [-0.4, -0.2) is 69.3 Å². The predicted molar refractivity (Wildman–Crippen MR) is 95.3 cm³/mol. The molecule has 1 saturated heterocycles. The predicted octanol–water partition coefficient (Wildman–Crippen LogP) is 1.87. The lowest BCUT2D eigenvalue weighted by Crippen LogP contribution is -2.40. The van der Waals surface area contributed by atoms with E-state index in [9.17, 15) is 4.79 Å². The van der Waals surface area contributed by atoms with Crippen molar-refractivity contribution in [2.24, 2.45) is 0 Å². The average Bonchev–Trinajstić information content (AvgIpc) is 2.66. The molecule has 3 rings (SSSR count). The van der Waals surface area contributed by atoms with Gasteiger partial charge >= 0.3 is 0 Å². The van der Waals surface area contributed by atoms with Gasteiger partial charge in [-0.3, -0.25) is 9.69 Å². The molecule has 1 amide bonds. The number of methoxy groups -OCH3 is 1. The maximum Gasteiger partial charge on any atom is 0.210 e. The second kappa shape index (κ2) is 8.54. The molecule has 2 heterocycles. The van der Waals surface area contributed by atoms with Crippen LogP contribution < -0.4 is 9.47 Å². The zero-order chi connectivity index (χ0) is 17.6. The second-order valence-corrected chi connectivity index (χ2v) is 6.49. The number of fused-ring (bicyclic) bond motifs is 1. The molecule has 2 aliphatic heterocycles. The summed E-state index contributed by atoms with van der Waals surface area (Å²) in [4.78, 5) is 15.9. The Hall–Kier alpha value is -1.79. The van der Waals surface area contributed by atoms with E-state index < -0.39 is 0 Å². The number of rotatable bonds is 7. The normalized spacial score (nSPS) is 20.9. The van der Waals surface area contributed by atoms with Crippen molar-refractivity contribution in [1.82, 2.24) is 9.80 Å². The minimum absolute atomic E-state index is 0.0919. The Morgan fingerprint density at radius 2 is 2.04 bits per heavy atom. The van der Waals surface area contributed by atoms with Gasteiger partial charge in [0.1, 0.15) is 0 Å². The fourth-order valence-corrected chi connectivity index (χ4v) is 3.73. The molecular formula is C19H28N2O4.